The van der Waals surface area contributed by atoms with Gasteiger partial charge in [-0.05, 0) is 30.0 Å². The third kappa shape index (κ3) is 3.28. The molecule has 0 amide bonds. The van der Waals surface area contributed by atoms with Crippen LogP contribution < -0.4 is 0 Å². The van der Waals surface area contributed by atoms with Crippen LogP contribution in [0.1, 0.15) is 31.7 Å². The second-order valence-corrected chi connectivity index (χ2v) is 4.83. The molecule has 0 aliphatic rings. The van der Waals surface area contributed by atoms with Crippen LogP contribution in [0, 0.1) is 0 Å². The van der Waals surface area contributed by atoms with Crippen molar-refractivity contribution in [2.45, 2.75) is 32.6 Å². The van der Waals surface area contributed by atoms with Crippen molar-refractivity contribution in [3.05, 3.63) is 48.0 Å². The van der Waals surface area contributed by atoms with Gasteiger partial charge in [-0.1, -0.05) is 56.2 Å². The molecule has 0 spiro atoms. The molecule has 2 heteroatoms. The Morgan fingerprint density at radius 3 is 2.32 bits per heavy atom. The van der Waals surface area contributed by atoms with E-state index in [1.54, 1.807) is 12.1 Å². The molecule has 2 aromatic carbocycles. The molecule has 0 radical (unpaired) electrons. The first-order chi connectivity index (χ1) is 9.22. The van der Waals surface area contributed by atoms with E-state index in [9.17, 15) is 10.2 Å². The number of phenols is 2. The second kappa shape index (κ2) is 6.28. The number of aryl methyl sites for hydroxylation is 1. The van der Waals surface area contributed by atoms with E-state index in [-0.39, 0.29) is 11.5 Å². The molecule has 2 nitrogen and oxygen atoms in total. The average Bonchev–Trinajstić information content (AvgIpc) is 2.43. The first kappa shape index (κ1) is 13.5. The molecule has 2 aromatic rings. The van der Waals surface area contributed by atoms with E-state index in [1.165, 1.54) is 30.9 Å². The second-order valence-electron chi connectivity index (χ2n) is 4.83. The Hall–Kier alpha value is -1.96. The fourth-order valence-electron chi connectivity index (χ4n) is 2.19. The summed E-state index contributed by atoms with van der Waals surface area (Å²) in [5, 5.41) is 19.4. The van der Waals surface area contributed by atoms with Gasteiger partial charge in [0.15, 0.2) is 11.5 Å². The summed E-state index contributed by atoms with van der Waals surface area (Å²) < 4.78 is 0. The van der Waals surface area contributed by atoms with Crippen LogP contribution in [0.15, 0.2) is 42.5 Å². The van der Waals surface area contributed by atoms with Gasteiger partial charge in [-0.2, -0.15) is 0 Å². The van der Waals surface area contributed by atoms with E-state index < -0.39 is 0 Å². The first-order valence-electron chi connectivity index (χ1n) is 6.82. The lowest BCUT2D eigenvalue weighted by Gasteiger charge is -2.07. The Kier molecular flexibility index (Phi) is 4.45. The predicted octanol–water partition coefficient (Wildman–Crippen LogP) is 4.50. The van der Waals surface area contributed by atoms with Crippen LogP contribution in [0.5, 0.6) is 11.5 Å². The lowest BCUT2D eigenvalue weighted by atomic mass is 10.0. The summed E-state index contributed by atoms with van der Waals surface area (Å²) >= 11 is 0. The van der Waals surface area contributed by atoms with E-state index >= 15 is 0 Å². The fourth-order valence-corrected chi connectivity index (χ4v) is 2.19. The Balaban J connectivity index is 2.16. The van der Waals surface area contributed by atoms with E-state index in [1.807, 2.05) is 12.1 Å². The average molecular weight is 256 g/mol. The highest BCUT2D eigenvalue weighted by Gasteiger charge is 2.07. The van der Waals surface area contributed by atoms with Gasteiger partial charge in [0, 0.05) is 5.56 Å². The van der Waals surface area contributed by atoms with Crippen LogP contribution in [0.25, 0.3) is 11.1 Å². The SMILES string of the molecule is CCCCCc1ccc(-c2cccc(O)c2O)cc1. The summed E-state index contributed by atoms with van der Waals surface area (Å²) in [5.74, 6) is -0.134. The summed E-state index contributed by atoms with van der Waals surface area (Å²) in [5.41, 5.74) is 2.91. The van der Waals surface area contributed by atoms with Gasteiger partial charge in [-0.15, -0.1) is 0 Å². The van der Waals surface area contributed by atoms with Gasteiger partial charge in [0.1, 0.15) is 0 Å². The molecule has 100 valence electrons. The van der Waals surface area contributed by atoms with E-state index in [2.05, 4.69) is 19.1 Å². The zero-order valence-electron chi connectivity index (χ0n) is 11.3. The van der Waals surface area contributed by atoms with Crippen molar-refractivity contribution in [1.29, 1.82) is 0 Å². The number of rotatable bonds is 5. The van der Waals surface area contributed by atoms with Gasteiger partial charge in [-0.25, -0.2) is 0 Å². The summed E-state index contributed by atoms with van der Waals surface area (Å²) in [6.45, 7) is 2.20. The first-order valence-corrected chi connectivity index (χ1v) is 6.82. The summed E-state index contributed by atoms with van der Waals surface area (Å²) in [6, 6.07) is 13.2. The molecule has 0 aromatic heterocycles. The molecule has 0 bridgehead atoms. The van der Waals surface area contributed by atoms with Crippen LogP contribution >= 0.6 is 0 Å². The van der Waals surface area contributed by atoms with Crippen LogP contribution in [0.2, 0.25) is 0 Å². The molecule has 2 rings (SSSR count). The van der Waals surface area contributed by atoms with Gasteiger partial charge in [0.2, 0.25) is 0 Å². The topological polar surface area (TPSA) is 40.5 Å². The standard InChI is InChI=1S/C17H20O2/c1-2-3-4-6-13-9-11-14(12-10-13)15-7-5-8-16(18)17(15)19/h5,7-12,18-19H,2-4,6H2,1H3. The third-order valence-electron chi connectivity index (χ3n) is 3.35. The largest absolute Gasteiger partial charge is 0.504 e. The Morgan fingerprint density at radius 2 is 1.63 bits per heavy atom. The third-order valence-corrected chi connectivity index (χ3v) is 3.35. The van der Waals surface area contributed by atoms with Crippen LogP contribution in [-0.4, -0.2) is 10.2 Å². The summed E-state index contributed by atoms with van der Waals surface area (Å²) in [7, 11) is 0. The molecule has 0 atom stereocenters. The number of para-hydroxylation sites is 1. The Labute approximate surface area is 114 Å². The minimum absolute atomic E-state index is 0.0544. The molecule has 0 aliphatic heterocycles. The zero-order chi connectivity index (χ0) is 13.7. The maximum Gasteiger partial charge on any atom is 0.165 e. The summed E-state index contributed by atoms with van der Waals surface area (Å²) in [4.78, 5) is 0. The minimum atomic E-state index is -0.0791. The van der Waals surface area contributed by atoms with Crippen LogP contribution in [0.3, 0.4) is 0 Å². The quantitative estimate of drug-likeness (QED) is 0.611. The summed E-state index contributed by atoms with van der Waals surface area (Å²) in [6.07, 6.45) is 4.80. The lowest BCUT2D eigenvalue weighted by Crippen LogP contribution is -1.86. The molecule has 0 fully saturated rings. The molecule has 0 unspecified atom stereocenters. The minimum Gasteiger partial charge on any atom is -0.504 e. The molecular weight excluding hydrogens is 236 g/mol. The van der Waals surface area contributed by atoms with Crippen LogP contribution in [0.4, 0.5) is 0 Å². The van der Waals surface area contributed by atoms with Crippen molar-refractivity contribution in [2.75, 3.05) is 0 Å². The van der Waals surface area contributed by atoms with E-state index in [0.29, 0.717) is 5.56 Å². The van der Waals surface area contributed by atoms with Gasteiger partial charge in [0.05, 0.1) is 0 Å². The van der Waals surface area contributed by atoms with Crippen LogP contribution in [-0.2, 0) is 6.42 Å². The Bertz CT molecular complexity index is 529. The highest BCUT2D eigenvalue weighted by atomic mass is 16.3. The van der Waals surface area contributed by atoms with Gasteiger partial charge < -0.3 is 10.2 Å². The number of hydrogen-bond donors (Lipinski definition) is 2. The van der Waals surface area contributed by atoms with Crippen molar-refractivity contribution in [3.8, 4) is 22.6 Å². The lowest BCUT2D eigenvalue weighted by molar-refractivity contribution is 0.405. The fraction of sp³-hybridized carbons (Fsp3) is 0.294. The maximum atomic E-state index is 9.84. The molecule has 0 saturated carbocycles. The van der Waals surface area contributed by atoms with Gasteiger partial charge in [-0.3, -0.25) is 0 Å². The number of phenolic OH excluding ortho intramolecular Hbond substituents is 2. The molecule has 0 aliphatic carbocycles. The predicted molar refractivity (Wildman–Crippen MR) is 78.4 cm³/mol. The Morgan fingerprint density at radius 1 is 0.895 bits per heavy atom. The molecule has 19 heavy (non-hydrogen) atoms. The maximum absolute atomic E-state index is 9.84. The molecule has 2 N–H and O–H groups in total. The van der Waals surface area contributed by atoms with Gasteiger partial charge >= 0.3 is 0 Å². The van der Waals surface area contributed by atoms with E-state index in [0.717, 1.165) is 12.0 Å². The van der Waals surface area contributed by atoms with Crippen molar-refractivity contribution in [1.82, 2.24) is 0 Å². The number of unbranched alkanes of at least 4 members (excludes halogenated alkanes) is 2. The van der Waals surface area contributed by atoms with Crippen molar-refractivity contribution in [2.24, 2.45) is 0 Å². The highest BCUT2D eigenvalue weighted by Crippen LogP contribution is 2.35. The smallest absolute Gasteiger partial charge is 0.165 e. The van der Waals surface area contributed by atoms with Crippen molar-refractivity contribution < 1.29 is 10.2 Å². The monoisotopic (exact) mass is 256 g/mol. The molecular formula is C17H20O2. The van der Waals surface area contributed by atoms with E-state index in [4.69, 9.17) is 0 Å². The zero-order valence-corrected chi connectivity index (χ0v) is 11.3. The normalized spacial score (nSPS) is 10.6. The highest BCUT2D eigenvalue weighted by molar-refractivity contribution is 5.73. The number of benzene rings is 2. The number of hydrogen-bond acceptors (Lipinski definition) is 2. The number of aromatic hydroxyl groups is 2. The van der Waals surface area contributed by atoms with Gasteiger partial charge in [0.25, 0.3) is 0 Å². The van der Waals surface area contributed by atoms with Crippen molar-refractivity contribution >= 4 is 0 Å². The molecule has 0 saturated heterocycles. The van der Waals surface area contributed by atoms with Crippen molar-refractivity contribution in [3.63, 3.8) is 0 Å². The molecule has 0 heterocycles.